The van der Waals surface area contributed by atoms with Crippen molar-refractivity contribution >= 4 is 23.1 Å². The van der Waals surface area contributed by atoms with Gasteiger partial charge in [-0.3, -0.25) is 0 Å². The van der Waals surface area contributed by atoms with Gasteiger partial charge in [0.2, 0.25) is 0 Å². The molecule has 1 aliphatic rings. The second-order valence-electron chi connectivity index (χ2n) is 5.15. The Labute approximate surface area is 132 Å². The van der Waals surface area contributed by atoms with Gasteiger partial charge in [-0.2, -0.15) is 0 Å². The number of thioether (sulfide) groups is 1. The maximum absolute atomic E-state index is 4.73. The first-order chi connectivity index (χ1) is 10.4. The van der Waals surface area contributed by atoms with Crippen molar-refractivity contribution in [2.45, 2.75) is 29.8 Å². The van der Waals surface area contributed by atoms with Gasteiger partial charge < -0.3 is 4.57 Å². The molecule has 3 aromatic rings. The van der Waals surface area contributed by atoms with Crippen LogP contribution in [0.2, 0.25) is 0 Å². The first-order valence-corrected chi connectivity index (χ1v) is 8.92. The van der Waals surface area contributed by atoms with Crippen LogP contribution >= 0.6 is 23.1 Å². The third-order valence-electron chi connectivity index (χ3n) is 3.50. The normalized spacial score (nSPS) is 14.5. The van der Waals surface area contributed by atoms with E-state index in [1.165, 1.54) is 18.4 Å². The molecule has 2 heterocycles. The van der Waals surface area contributed by atoms with Gasteiger partial charge in [0.25, 0.3) is 0 Å². The van der Waals surface area contributed by atoms with E-state index in [4.69, 9.17) is 4.98 Å². The molecule has 0 N–H and O–H groups in total. The van der Waals surface area contributed by atoms with E-state index in [-0.39, 0.29) is 0 Å². The van der Waals surface area contributed by atoms with Crippen LogP contribution in [0.3, 0.4) is 0 Å². The Bertz CT molecular complexity index is 729. The van der Waals surface area contributed by atoms with Crippen molar-refractivity contribution in [3.63, 3.8) is 0 Å². The number of benzene rings is 1. The summed E-state index contributed by atoms with van der Waals surface area (Å²) in [6, 6.07) is 11.0. The Balaban J connectivity index is 1.46. The van der Waals surface area contributed by atoms with Crippen LogP contribution in [0.1, 0.15) is 24.6 Å². The van der Waals surface area contributed by atoms with Crippen molar-refractivity contribution in [2.24, 2.45) is 0 Å². The summed E-state index contributed by atoms with van der Waals surface area (Å²) in [5.74, 6) is 0.882. The minimum absolute atomic E-state index is 0.685. The Morgan fingerprint density at radius 1 is 1.24 bits per heavy atom. The molecule has 0 radical (unpaired) electrons. The maximum Gasteiger partial charge on any atom is 0.168 e. The fourth-order valence-corrected chi connectivity index (χ4v) is 4.12. The molecule has 21 heavy (non-hydrogen) atoms. The van der Waals surface area contributed by atoms with Gasteiger partial charge in [-0.25, -0.2) is 9.97 Å². The average molecular weight is 313 g/mol. The summed E-state index contributed by atoms with van der Waals surface area (Å²) in [6.45, 7) is 0. The highest BCUT2D eigenvalue weighted by Gasteiger charge is 2.25. The van der Waals surface area contributed by atoms with Crippen molar-refractivity contribution in [3.8, 4) is 10.6 Å². The lowest BCUT2D eigenvalue weighted by Gasteiger charge is -2.03. The largest absolute Gasteiger partial charge is 0.323 e. The Morgan fingerprint density at radius 2 is 2.10 bits per heavy atom. The van der Waals surface area contributed by atoms with Crippen molar-refractivity contribution in [2.75, 3.05) is 0 Å². The van der Waals surface area contributed by atoms with E-state index in [1.54, 1.807) is 23.1 Å². The number of rotatable bonds is 5. The van der Waals surface area contributed by atoms with Gasteiger partial charge in [-0.1, -0.05) is 42.1 Å². The molecule has 4 rings (SSSR count). The molecule has 5 heteroatoms. The molecule has 0 aliphatic heterocycles. The summed E-state index contributed by atoms with van der Waals surface area (Å²) >= 11 is 3.49. The molecule has 0 bridgehead atoms. The van der Waals surface area contributed by atoms with Crippen LogP contribution < -0.4 is 0 Å². The molecule has 106 valence electrons. The summed E-state index contributed by atoms with van der Waals surface area (Å²) < 4.78 is 2.30. The van der Waals surface area contributed by atoms with E-state index < -0.39 is 0 Å². The van der Waals surface area contributed by atoms with Crippen molar-refractivity contribution in [1.29, 1.82) is 0 Å². The lowest BCUT2D eigenvalue weighted by molar-refractivity contribution is 0.663. The van der Waals surface area contributed by atoms with E-state index in [0.29, 0.717) is 6.04 Å². The fourth-order valence-electron chi connectivity index (χ4n) is 2.27. The summed E-state index contributed by atoms with van der Waals surface area (Å²) in [5.41, 5.74) is 2.33. The highest BCUT2D eigenvalue weighted by atomic mass is 32.2. The molecule has 1 saturated carbocycles. The standard InChI is InChI=1S/C16H15N3S2/c1-2-4-12(5-3-1)15-18-13(10-20-15)11-21-16-17-8-9-19(16)14-6-7-14/h1-5,8-10,14H,6-7,11H2. The first-order valence-electron chi connectivity index (χ1n) is 7.05. The van der Waals surface area contributed by atoms with E-state index in [9.17, 15) is 0 Å². The summed E-state index contributed by atoms with van der Waals surface area (Å²) in [5, 5.41) is 4.36. The monoisotopic (exact) mass is 313 g/mol. The summed E-state index contributed by atoms with van der Waals surface area (Å²) in [7, 11) is 0. The smallest absolute Gasteiger partial charge is 0.168 e. The van der Waals surface area contributed by atoms with Crippen LogP contribution in [0.4, 0.5) is 0 Å². The highest BCUT2D eigenvalue weighted by Crippen LogP contribution is 2.38. The number of aromatic nitrogens is 3. The predicted octanol–water partition coefficient (Wildman–Crippen LogP) is 4.63. The number of hydrogen-bond acceptors (Lipinski definition) is 4. The zero-order chi connectivity index (χ0) is 14.1. The first kappa shape index (κ1) is 13.1. The van der Waals surface area contributed by atoms with Crippen LogP contribution in [-0.2, 0) is 5.75 Å². The molecular weight excluding hydrogens is 298 g/mol. The van der Waals surface area contributed by atoms with Crippen LogP contribution in [-0.4, -0.2) is 14.5 Å². The summed E-state index contributed by atoms with van der Waals surface area (Å²) in [6.07, 6.45) is 6.57. The molecule has 1 aromatic carbocycles. The predicted molar refractivity (Wildman–Crippen MR) is 87.6 cm³/mol. The van der Waals surface area contributed by atoms with Crippen molar-refractivity contribution in [1.82, 2.24) is 14.5 Å². The zero-order valence-electron chi connectivity index (χ0n) is 11.5. The van der Waals surface area contributed by atoms with Crippen LogP contribution in [0.25, 0.3) is 10.6 Å². The number of imidazole rings is 1. The van der Waals surface area contributed by atoms with Gasteiger partial charge in [0.15, 0.2) is 5.16 Å². The molecule has 3 nitrogen and oxygen atoms in total. The van der Waals surface area contributed by atoms with E-state index >= 15 is 0 Å². The number of thiazole rings is 1. The van der Waals surface area contributed by atoms with Crippen LogP contribution in [0, 0.1) is 0 Å². The molecule has 1 aliphatic carbocycles. The quantitative estimate of drug-likeness (QED) is 0.643. The highest BCUT2D eigenvalue weighted by molar-refractivity contribution is 7.98. The lowest BCUT2D eigenvalue weighted by Crippen LogP contribution is -1.94. The molecule has 0 spiro atoms. The lowest BCUT2D eigenvalue weighted by atomic mass is 10.2. The minimum Gasteiger partial charge on any atom is -0.323 e. The molecule has 1 fully saturated rings. The van der Waals surface area contributed by atoms with E-state index in [1.807, 2.05) is 12.3 Å². The topological polar surface area (TPSA) is 30.7 Å². The zero-order valence-corrected chi connectivity index (χ0v) is 13.1. The van der Waals surface area contributed by atoms with Crippen LogP contribution in [0.15, 0.2) is 53.3 Å². The minimum atomic E-state index is 0.685. The summed E-state index contributed by atoms with van der Waals surface area (Å²) in [4.78, 5) is 9.19. The molecule has 0 amide bonds. The SMILES string of the molecule is c1ccc(-c2nc(CSc3nccn3C3CC3)cs2)cc1. The van der Waals surface area contributed by atoms with Gasteiger partial charge in [0.1, 0.15) is 5.01 Å². The molecular formula is C16H15N3S2. The molecule has 0 unspecified atom stereocenters. The number of nitrogens with zero attached hydrogens (tertiary/aromatic N) is 3. The number of hydrogen-bond donors (Lipinski definition) is 0. The Hall–Kier alpha value is -1.59. The third-order valence-corrected chi connectivity index (χ3v) is 5.45. The maximum atomic E-state index is 4.73. The fraction of sp³-hybridized carbons (Fsp3) is 0.250. The molecule has 0 saturated heterocycles. The van der Waals surface area contributed by atoms with Gasteiger partial charge >= 0.3 is 0 Å². The second-order valence-corrected chi connectivity index (χ2v) is 6.95. The van der Waals surface area contributed by atoms with Gasteiger partial charge in [-0.15, -0.1) is 11.3 Å². The van der Waals surface area contributed by atoms with Gasteiger partial charge in [-0.05, 0) is 12.8 Å². The Morgan fingerprint density at radius 3 is 2.90 bits per heavy atom. The van der Waals surface area contributed by atoms with Crippen molar-refractivity contribution < 1.29 is 0 Å². The molecule has 2 aromatic heterocycles. The Kier molecular flexibility index (Phi) is 3.53. The van der Waals surface area contributed by atoms with Gasteiger partial charge in [0, 0.05) is 35.1 Å². The third kappa shape index (κ3) is 2.89. The van der Waals surface area contributed by atoms with E-state index in [0.717, 1.165) is 21.6 Å². The van der Waals surface area contributed by atoms with E-state index in [2.05, 4.69) is 45.4 Å². The second kappa shape index (κ2) is 5.66. The van der Waals surface area contributed by atoms with Crippen molar-refractivity contribution in [3.05, 3.63) is 53.8 Å². The average Bonchev–Trinajstić information content (AvgIpc) is 3.09. The van der Waals surface area contributed by atoms with Crippen LogP contribution in [0.5, 0.6) is 0 Å². The van der Waals surface area contributed by atoms with Gasteiger partial charge in [0.05, 0.1) is 5.69 Å². The molecule has 0 atom stereocenters.